The van der Waals surface area contributed by atoms with Crippen LogP contribution in [0.25, 0.3) is 10.9 Å². The number of nitrogens with zero attached hydrogens (tertiary/aromatic N) is 3. The molecule has 0 radical (unpaired) electrons. The van der Waals surface area contributed by atoms with E-state index in [2.05, 4.69) is 91.5 Å². The Kier molecular flexibility index (Phi) is 8.67. The zero-order valence-electron chi connectivity index (χ0n) is 25.2. The van der Waals surface area contributed by atoms with Crippen LogP contribution < -0.4 is 9.64 Å². The highest BCUT2D eigenvalue weighted by atomic mass is 16.6. The molecule has 1 atom stereocenters. The van der Waals surface area contributed by atoms with Gasteiger partial charge >= 0.3 is 5.97 Å². The average molecular weight is 554 g/mol. The number of aryl methyl sites for hydroxylation is 1. The number of hydrogen-bond donors (Lipinski definition) is 0. The lowest BCUT2D eigenvalue weighted by Crippen LogP contribution is -2.31. The number of cyclic esters (lactones) is 1. The van der Waals surface area contributed by atoms with Crippen LogP contribution in [0.4, 0.5) is 5.69 Å². The van der Waals surface area contributed by atoms with Gasteiger partial charge in [0.2, 0.25) is 0 Å². The van der Waals surface area contributed by atoms with Crippen LogP contribution in [-0.2, 0) is 16.9 Å². The van der Waals surface area contributed by atoms with Gasteiger partial charge in [0.1, 0.15) is 5.75 Å². The zero-order chi connectivity index (χ0) is 29.0. The van der Waals surface area contributed by atoms with Crippen LogP contribution in [0, 0.1) is 6.92 Å². The Bertz CT molecular complexity index is 1520. The van der Waals surface area contributed by atoms with Crippen LogP contribution in [0.3, 0.4) is 0 Å². The van der Waals surface area contributed by atoms with E-state index in [0.29, 0.717) is 12.3 Å². The Labute approximate surface area is 244 Å². The topological polar surface area (TPSA) is 56.6 Å². The summed E-state index contributed by atoms with van der Waals surface area (Å²) in [5.41, 5.74) is 5.10. The molecule has 6 nitrogen and oxygen atoms in total. The lowest BCUT2D eigenvalue weighted by Gasteiger charge is -2.33. The fourth-order valence-electron chi connectivity index (χ4n) is 6.33. The summed E-state index contributed by atoms with van der Waals surface area (Å²) in [6.07, 6.45) is 7.04. The Morgan fingerprint density at radius 1 is 0.927 bits per heavy atom. The van der Waals surface area contributed by atoms with E-state index in [4.69, 9.17) is 9.47 Å². The molecule has 0 bridgehead atoms. The molecule has 4 aromatic rings. The van der Waals surface area contributed by atoms with Crippen LogP contribution in [0.5, 0.6) is 5.75 Å². The van der Waals surface area contributed by atoms with Crippen LogP contribution >= 0.6 is 0 Å². The molecule has 3 heterocycles. The molecule has 0 amide bonds. The van der Waals surface area contributed by atoms with Crippen molar-refractivity contribution >= 4 is 22.6 Å². The van der Waals surface area contributed by atoms with Crippen molar-refractivity contribution < 1.29 is 14.3 Å². The maximum atomic E-state index is 13.6. The van der Waals surface area contributed by atoms with Crippen molar-refractivity contribution in [1.82, 2.24) is 9.55 Å². The molecule has 2 aromatic carbocycles. The fourth-order valence-corrected chi connectivity index (χ4v) is 6.33. The summed E-state index contributed by atoms with van der Waals surface area (Å²) in [7, 11) is 0. The second-order valence-corrected chi connectivity index (χ2v) is 10.9. The smallest absolute Gasteiger partial charge is 0.358 e. The Morgan fingerprint density at radius 3 is 2.46 bits per heavy atom. The summed E-state index contributed by atoms with van der Waals surface area (Å²) in [5.74, 6) is 0.338. The minimum atomic E-state index is -1.19. The van der Waals surface area contributed by atoms with E-state index in [1.165, 1.54) is 0 Å². The quantitative estimate of drug-likeness (QED) is 0.124. The third-order valence-corrected chi connectivity index (χ3v) is 8.42. The van der Waals surface area contributed by atoms with E-state index in [9.17, 15) is 4.79 Å². The van der Waals surface area contributed by atoms with Crippen molar-refractivity contribution in [2.45, 2.75) is 78.9 Å². The number of esters is 1. The molecule has 1 aliphatic rings. The van der Waals surface area contributed by atoms with Gasteiger partial charge in [-0.05, 0) is 57.9 Å². The Balaban J connectivity index is 1.83. The number of aromatic nitrogens is 2. The number of carbonyl (C=O) groups is 1. The number of benzene rings is 2. The number of rotatable bonds is 13. The first-order valence-electron chi connectivity index (χ1n) is 15.3. The SMILES string of the molecule is CCCCCn1c(C)c(C2(c3ccc(N(CC)CC)cc3OCCCC)OC(=O)c3ncccc32)c2ccccc21. The number of pyridine rings is 1. The van der Waals surface area contributed by atoms with Gasteiger partial charge in [0.25, 0.3) is 0 Å². The van der Waals surface area contributed by atoms with Gasteiger partial charge < -0.3 is 18.9 Å². The maximum absolute atomic E-state index is 13.6. The lowest BCUT2D eigenvalue weighted by molar-refractivity contribution is 0.0243. The van der Waals surface area contributed by atoms with E-state index >= 15 is 0 Å². The molecule has 1 aliphatic heterocycles. The monoisotopic (exact) mass is 553 g/mol. The van der Waals surface area contributed by atoms with Gasteiger partial charge in [0.15, 0.2) is 11.3 Å². The first-order chi connectivity index (χ1) is 20.0. The number of hydrogen-bond acceptors (Lipinski definition) is 5. The molecule has 0 N–H and O–H groups in total. The van der Waals surface area contributed by atoms with Crippen LogP contribution in [0.2, 0.25) is 0 Å². The van der Waals surface area contributed by atoms with E-state index < -0.39 is 11.6 Å². The van der Waals surface area contributed by atoms with Gasteiger partial charge in [-0.2, -0.15) is 0 Å². The molecular weight excluding hydrogens is 510 g/mol. The zero-order valence-corrected chi connectivity index (χ0v) is 25.2. The second-order valence-electron chi connectivity index (χ2n) is 10.9. The van der Waals surface area contributed by atoms with Crippen LogP contribution in [0.1, 0.15) is 92.7 Å². The third kappa shape index (κ3) is 4.98. The van der Waals surface area contributed by atoms with E-state index in [-0.39, 0.29) is 0 Å². The van der Waals surface area contributed by atoms with E-state index in [1.807, 2.05) is 12.1 Å². The standard InChI is InChI=1S/C35H43N3O3/c1-6-10-14-22-38-25(5)32(27-16-12-13-18-30(27)38)35(29-17-15-21-36-33(29)34(39)41-35)28-20-19-26(37(8-3)9-4)24-31(28)40-23-11-7-2/h12-13,15-21,24H,6-11,14,22-23H2,1-5H3. The van der Waals surface area contributed by atoms with Gasteiger partial charge in [-0.1, -0.05) is 57.4 Å². The average Bonchev–Trinajstić information content (AvgIpc) is 3.45. The molecule has 0 saturated carbocycles. The highest BCUT2D eigenvalue weighted by molar-refractivity contribution is 5.97. The molecule has 0 spiro atoms. The molecule has 0 saturated heterocycles. The second kappa shape index (κ2) is 12.4. The molecule has 1 unspecified atom stereocenters. The van der Waals surface area contributed by atoms with Crippen LogP contribution in [0.15, 0.2) is 60.8 Å². The number of unbranched alkanes of at least 4 members (excludes halogenated alkanes) is 3. The molecular formula is C35H43N3O3. The molecule has 216 valence electrons. The van der Waals surface area contributed by atoms with Gasteiger partial charge in [-0.3, -0.25) is 0 Å². The van der Waals surface area contributed by atoms with Crippen molar-refractivity contribution in [2.24, 2.45) is 0 Å². The largest absolute Gasteiger partial charge is 0.493 e. The third-order valence-electron chi connectivity index (χ3n) is 8.42. The number of anilines is 1. The molecule has 5 rings (SSSR count). The highest BCUT2D eigenvalue weighted by Gasteiger charge is 2.53. The first-order valence-corrected chi connectivity index (χ1v) is 15.3. The normalized spacial score (nSPS) is 16.2. The number of fused-ring (bicyclic) bond motifs is 2. The van der Waals surface area contributed by atoms with Crippen molar-refractivity contribution in [2.75, 3.05) is 24.6 Å². The number of carbonyl (C=O) groups excluding carboxylic acids is 1. The van der Waals surface area contributed by atoms with Crippen molar-refractivity contribution in [3.8, 4) is 5.75 Å². The van der Waals surface area contributed by atoms with E-state index in [0.717, 1.165) is 96.5 Å². The lowest BCUT2D eigenvalue weighted by atomic mass is 9.78. The minimum absolute atomic E-state index is 0.363. The molecule has 6 heteroatoms. The molecule has 0 aliphatic carbocycles. The summed E-state index contributed by atoms with van der Waals surface area (Å²) < 4.78 is 15.6. The van der Waals surface area contributed by atoms with Gasteiger partial charge in [-0.15, -0.1) is 0 Å². The Morgan fingerprint density at radius 2 is 1.71 bits per heavy atom. The first kappa shape index (κ1) is 28.7. The molecule has 2 aromatic heterocycles. The van der Waals surface area contributed by atoms with E-state index in [1.54, 1.807) is 6.20 Å². The predicted molar refractivity (Wildman–Crippen MR) is 166 cm³/mol. The van der Waals surface area contributed by atoms with Crippen molar-refractivity contribution in [1.29, 1.82) is 0 Å². The summed E-state index contributed by atoms with van der Waals surface area (Å²) in [6, 6.07) is 18.7. The maximum Gasteiger partial charge on any atom is 0.358 e. The summed E-state index contributed by atoms with van der Waals surface area (Å²) >= 11 is 0. The summed E-state index contributed by atoms with van der Waals surface area (Å²) in [4.78, 5) is 20.4. The van der Waals surface area contributed by atoms with Gasteiger partial charge in [-0.25, -0.2) is 9.78 Å². The van der Waals surface area contributed by atoms with Crippen molar-refractivity contribution in [3.63, 3.8) is 0 Å². The number of para-hydroxylation sites is 1. The van der Waals surface area contributed by atoms with Crippen molar-refractivity contribution in [3.05, 3.63) is 88.9 Å². The van der Waals surface area contributed by atoms with Gasteiger partial charge in [0, 0.05) is 70.9 Å². The predicted octanol–water partition coefficient (Wildman–Crippen LogP) is 8.02. The molecule has 0 fully saturated rings. The van der Waals surface area contributed by atoms with Gasteiger partial charge in [0.05, 0.1) is 6.61 Å². The molecule has 41 heavy (non-hydrogen) atoms. The summed E-state index contributed by atoms with van der Waals surface area (Å²) in [6.45, 7) is 14.1. The minimum Gasteiger partial charge on any atom is -0.493 e. The Hall–Kier alpha value is -3.80. The number of ether oxygens (including phenoxy) is 2. The summed E-state index contributed by atoms with van der Waals surface area (Å²) in [5, 5.41) is 1.08. The van der Waals surface area contributed by atoms with Crippen LogP contribution in [-0.4, -0.2) is 35.2 Å². The highest BCUT2D eigenvalue weighted by Crippen LogP contribution is 2.53. The fraction of sp³-hybridized carbons (Fsp3) is 0.429.